The smallest absolute Gasteiger partial charge is 0.321 e. The summed E-state index contributed by atoms with van der Waals surface area (Å²) in [5, 5.41) is 6.62. The Hall–Kier alpha value is -2.06. The summed E-state index contributed by atoms with van der Waals surface area (Å²) < 4.78 is 13.9. The number of anilines is 1. The molecule has 6 nitrogen and oxygen atoms in total. The highest BCUT2D eigenvalue weighted by molar-refractivity contribution is 7.08. The van der Waals surface area contributed by atoms with E-state index < -0.39 is 6.17 Å². The van der Waals surface area contributed by atoms with Crippen LogP contribution in [-0.2, 0) is 6.54 Å². The molecule has 0 bridgehead atoms. The van der Waals surface area contributed by atoms with Gasteiger partial charge >= 0.3 is 6.03 Å². The number of likely N-dealkylation sites (N-methyl/N-ethyl adjacent to an activating group) is 1. The van der Waals surface area contributed by atoms with Crippen molar-refractivity contribution in [3.63, 3.8) is 0 Å². The SMILES string of the molecule is CN(C[C@@H]1C[C@H](F)CN1Cc1cncnc1)C(=O)Nc1ccsc1. The fourth-order valence-corrected chi connectivity index (χ4v) is 3.49. The molecule has 24 heavy (non-hydrogen) atoms. The van der Waals surface area contributed by atoms with E-state index >= 15 is 0 Å². The molecular formula is C16H20FN5OS. The highest BCUT2D eigenvalue weighted by Gasteiger charge is 2.33. The second kappa shape index (κ2) is 7.67. The van der Waals surface area contributed by atoms with Gasteiger partial charge in [-0.1, -0.05) is 0 Å². The van der Waals surface area contributed by atoms with E-state index in [9.17, 15) is 9.18 Å². The number of rotatable bonds is 5. The van der Waals surface area contributed by atoms with Crippen LogP contribution in [0.3, 0.4) is 0 Å². The van der Waals surface area contributed by atoms with Gasteiger partial charge in [0.1, 0.15) is 12.5 Å². The van der Waals surface area contributed by atoms with Crippen LogP contribution in [0, 0.1) is 0 Å². The molecule has 1 N–H and O–H groups in total. The fourth-order valence-electron chi connectivity index (χ4n) is 2.91. The molecule has 3 rings (SSSR count). The molecular weight excluding hydrogens is 329 g/mol. The van der Waals surface area contributed by atoms with E-state index in [1.165, 1.54) is 17.7 Å². The van der Waals surface area contributed by atoms with Crippen molar-refractivity contribution in [1.29, 1.82) is 0 Å². The molecule has 1 fully saturated rings. The molecule has 0 unspecified atom stereocenters. The van der Waals surface area contributed by atoms with E-state index in [4.69, 9.17) is 0 Å². The van der Waals surface area contributed by atoms with Crippen molar-refractivity contribution >= 4 is 23.1 Å². The molecule has 1 saturated heterocycles. The molecule has 2 aromatic rings. The van der Waals surface area contributed by atoms with E-state index in [0.717, 1.165) is 11.3 Å². The van der Waals surface area contributed by atoms with Crippen LogP contribution in [0.25, 0.3) is 0 Å². The van der Waals surface area contributed by atoms with Crippen LogP contribution in [0.1, 0.15) is 12.0 Å². The van der Waals surface area contributed by atoms with E-state index in [-0.39, 0.29) is 12.1 Å². The van der Waals surface area contributed by atoms with Crippen molar-refractivity contribution in [3.05, 3.63) is 41.1 Å². The van der Waals surface area contributed by atoms with Crippen LogP contribution in [0.4, 0.5) is 14.9 Å². The molecule has 8 heteroatoms. The first-order chi connectivity index (χ1) is 11.6. The van der Waals surface area contributed by atoms with Gasteiger partial charge in [-0.3, -0.25) is 4.90 Å². The van der Waals surface area contributed by atoms with Gasteiger partial charge in [0.25, 0.3) is 0 Å². The molecule has 2 amide bonds. The van der Waals surface area contributed by atoms with Crippen molar-refractivity contribution < 1.29 is 9.18 Å². The number of urea groups is 1. The Balaban J connectivity index is 1.58. The predicted molar refractivity (Wildman–Crippen MR) is 91.7 cm³/mol. The molecule has 0 aliphatic carbocycles. The minimum atomic E-state index is -0.868. The number of nitrogens with zero attached hydrogens (tertiary/aromatic N) is 4. The Labute approximate surface area is 144 Å². The zero-order valence-corrected chi connectivity index (χ0v) is 14.2. The Bertz CT molecular complexity index is 654. The molecule has 128 valence electrons. The lowest BCUT2D eigenvalue weighted by atomic mass is 10.2. The molecule has 2 aromatic heterocycles. The monoisotopic (exact) mass is 349 g/mol. The molecule has 0 aromatic carbocycles. The Morgan fingerprint density at radius 3 is 3.00 bits per heavy atom. The molecule has 0 saturated carbocycles. The third-order valence-corrected chi connectivity index (χ3v) is 4.76. The highest BCUT2D eigenvalue weighted by Crippen LogP contribution is 2.23. The number of amides is 2. The average Bonchev–Trinajstić information content (AvgIpc) is 3.18. The summed E-state index contributed by atoms with van der Waals surface area (Å²) in [6.45, 7) is 1.44. The molecule has 2 atom stereocenters. The van der Waals surface area contributed by atoms with Crippen molar-refractivity contribution in [2.24, 2.45) is 0 Å². The van der Waals surface area contributed by atoms with Gasteiger partial charge in [0.15, 0.2) is 0 Å². The largest absolute Gasteiger partial charge is 0.326 e. The number of halogens is 1. The van der Waals surface area contributed by atoms with Crippen LogP contribution >= 0.6 is 11.3 Å². The maximum atomic E-state index is 13.9. The third-order valence-electron chi connectivity index (χ3n) is 4.08. The van der Waals surface area contributed by atoms with Crippen molar-refractivity contribution in [3.8, 4) is 0 Å². The second-order valence-electron chi connectivity index (χ2n) is 5.99. The van der Waals surface area contributed by atoms with Gasteiger partial charge in [-0.25, -0.2) is 19.2 Å². The predicted octanol–water partition coefficient (Wildman–Crippen LogP) is 2.61. The summed E-state index contributed by atoms with van der Waals surface area (Å²) in [7, 11) is 1.73. The number of hydrogen-bond donors (Lipinski definition) is 1. The van der Waals surface area contributed by atoms with Crippen LogP contribution < -0.4 is 5.32 Å². The van der Waals surface area contributed by atoms with E-state index in [0.29, 0.717) is 26.1 Å². The number of thiophene rings is 1. The van der Waals surface area contributed by atoms with Gasteiger partial charge in [-0.05, 0) is 17.9 Å². The Morgan fingerprint density at radius 1 is 1.50 bits per heavy atom. The first kappa shape index (κ1) is 16.8. The highest BCUT2D eigenvalue weighted by atomic mass is 32.1. The minimum absolute atomic E-state index is 0.0153. The summed E-state index contributed by atoms with van der Waals surface area (Å²) >= 11 is 1.53. The van der Waals surface area contributed by atoms with Crippen molar-refractivity contribution in [1.82, 2.24) is 19.8 Å². The molecule has 0 radical (unpaired) electrons. The number of likely N-dealkylation sites (tertiary alicyclic amines) is 1. The number of carbonyl (C=O) groups excluding carboxylic acids is 1. The summed E-state index contributed by atoms with van der Waals surface area (Å²) in [5.74, 6) is 0. The van der Waals surface area contributed by atoms with Gasteiger partial charge < -0.3 is 10.2 Å². The number of hydrogen-bond acceptors (Lipinski definition) is 5. The fraction of sp³-hybridized carbons (Fsp3) is 0.438. The lowest BCUT2D eigenvalue weighted by Crippen LogP contribution is -2.42. The van der Waals surface area contributed by atoms with Gasteiger partial charge in [-0.15, -0.1) is 0 Å². The quantitative estimate of drug-likeness (QED) is 0.901. The average molecular weight is 349 g/mol. The first-order valence-corrected chi connectivity index (χ1v) is 8.72. The molecule has 1 aliphatic heterocycles. The van der Waals surface area contributed by atoms with Gasteiger partial charge in [0.05, 0.1) is 5.69 Å². The topological polar surface area (TPSA) is 61.4 Å². The van der Waals surface area contributed by atoms with Gasteiger partial charge in [0.2, 0.25) is 0 Å². The summed E-state index contributed by atoms with van der Waals surface area (Å²) in [6.07, 6.45) is 4.52. The van der Waals surface area contributed by atoms with Crippen molar-refractivity contribution in [2.75, 3.05) is 25.5 Å². The number of carbonyl (C=O) groups is 1. The van der Waals surface area contributed by atoms with Gasteiger partial charge in [0, 0.05) is 56.1 Å². The Kier molecular flexibility index (Phi) is 5.37. The van der Waals surface area contributed by atoms with E-state index in [1.54, 1.807) is 24.3 Å². The van der Waals surface area contributed by atoms with Crippen LogP contribution in [0.5, 0.6) is 0 Å². The summed E-state index contributed by atoms with van der Waals surface area (Å²) in [6, 6.07) is 1.66. The summed E-state index contributed by atoms with van der Waals surface area (Å²) in [4.78, 5) is 23.9. The number of alkyl halides is 1. The first-order valence-electron chi connectivity index (χ1n) is 7.78. The van der Waals surface area contributed by atoms with Crippen LogP contribution in [-0.4, -0.2) is 58.1 Å². The zero-order chi connectivity index (χ0) is 16.9. The number of aromatic nitrogens is 2. The van der Waals surface area contributed by atoms with Crippen LogP contribution in [0.2, 0.25) is 0 Å². The second-order valence-corrected chi connectivity index (χ2v) is 6.77. The molecule has 0 spiro atoms. The standard InChI is InChI=1S/C16H20FN5OS/c1-21(16(23)20-14-2-3-24-10-14)9-15-4-13(17)8-22(15)7-12-5-18-11-19-6-12/h2-3,5-6,10-11,13,15H,4,7-9H2,1H3,(H,20,23)/t13-,15-/m0/s1. The third kappa shape index (κ3) is 4.27. The number of nitrogens with one attached hydrogen (secondary N) is 1. The molecule has 3 heterocycles. The lowest BCUT2D eigenvalue weighted by Gasteiger charge is -2.28. The van der Waals surface area contributed by atoms with E-state index in [2.05, 4.69) is 20.2 Å². The van der Waals surface area contributed by atoms with Crippen LogP contribution in [0.15, 0.2) is 35.5 Å². The maximum absolute atomic E-state index is 13.9. The lowest BCUT2D eigenvalue weighted by molar-refractivity contribution is 0.182. The van der Waals surface area contributed by atoms with Gasteiger partial charge in [-0.2, -0.15) is 11.3 Å². The minimum Gasteiger partial charge on any atom is -0.326 e. The Morgan fingerprint density at radius 2 is 2.29 bits per heavy atom. The van der Waals surface area contributed by atoms with Crippen molar-refractivity contribution in [2.45, 2.75) is 25.2 Å². The zero-order valence-electron chi connectivity index (χ0n) is 13.4. The van der Waals surface area contributed by atoms with E-state index in [1.807, 2.05) is 16.8 Å². The summed E-state index contributed by atoms with van der Waals surface area (Å²) in [5.41, 5.74) is 1.73. The normalized spacial score (nSPS) is 20.9. The molecule has 1 aliphatic rings. The maximum Gasteiger partial charge on any atom is 0.321 e.